The zero-order valence-electron chi connectivity index (χ0n) is 24.0. The lowest BCUT2D eigenvalue weighted by atomic mass is 9.95. The molecule has 0 saturated carbocycles. The predicted molar refractivity (Wildman–Crippen MR) is 161 cm³/mol. The van der Waals surface area contributed by atoms with E-state index in [1.54, 1.807) is 15.9 Å². The molecule has 3 rings (SSSR count). The summed E-state index contributed by atoms with van der Waals surface area (Å²) in [6.07, 6.45) is 7.40. The Kier molecular flexibility index (Phi) is 13.3. The number of likely N-dealkylation sites (tertiary alicyclic amines) is 1. The topological polar surface area (TPSA) is 87.2 Å². The summed E-state index contributed by atoms with van der Waals surface area (Å²) in [5.74, 6) is -1.40. The molecule has 1 saturated heterocycles. The van der Waals surface area contributed by atoms with E-state index in [9.17, 15) is 19.5 Å². The molecule has 2 amide bonds. The highest BCUT2D eigenvalue weighted by molar-refractivity contribution is 5.86. The van der Waals surface area contributed by atoms with Gasteiger partial charge in [0.25, 0.3) is 0 Å². The number of aliphatic hydroxyl groups is 1. The normalized spacial score (nSPS) is 16.0. The molecule has 3 atom stereocenters. The fraction of sp³-hybridized carbons (Fsp3) is 0.441. The maximum atomic E-state index is 13.7. The fourth-order valence-electron chi connectivity index (χ4n) is 5.38. The third kappa shape index (κ3) is 10.0. The van der Waals surface area contributed by atoms with Gasteiger partial charge in [-0.15, -0.1) is 13.2 Å². The first-order chi connectivity index (χ1) is 20.0. The number of ether oxygens (including phenoxy) is 1. The van der Waals surface area contributed by atoms with E-state index in [1.165, 1.54) is 0 Å². The van der Waals surface area contributed by atoms with Crippen molar-refractivity contribution in [3.05, 3.63) is 97.1 Å². The number of carbonyl (C=O) groups is 3. The Labute approximate surface area is 244 Å². The first-order valence-electron chi connectivity index (χ1n) is 14.6. The summed E-state index contributed by atoms with van der Waals surface area (Å²) < 4.78 is 5.80. The van der Waals surface area contributed by atoms with Crippen LogP contribution in [-0.2, 0) is 32.1 Å². The molecule has 0 aliphatic carbocycles. The number of esters is 1. The molecule has 0 aromatic heterocycles. The summed E-state index contributed by atoms with van der Waals surface area (Å²) in [7, 11) is 0. The van der Waals surface area contributed by atoms with Crippen molar-refractivity contribution in [2.24, 2.45) is 11.8 Å². The van der Waals surface area contributed by atoms with Crippen LogP contribution in [0.3, 0.4) is 0 Å². The minimum absolute atomic E-state index is 0.0292. The molecule has 2 aromatic rings. The molecule has 7 nitrogen and oxygen atoms in total. The van der Waals surface area contributed by atoms with E-state index < -0.39 is 5.92 Å². The molecular formula is C34H44N2O5. The lowest BCUT2D eigenvalue weighted by Crippen LogP contribution is -2.44. The minimum Gasteiger partial charge on any atom is -0.463 e. The van der Waals surface area contributed by atoms with E-state index in [4.69, 9.17) is 4.74 Å². The van der Waals surface area contributed by atoms with Crippen LogP contribution >= 0.6 is 0 Å². The van der Waals surface area contributed by atoms with Crippen LogP contribution in [0.1, 0.15) is 49.7 Å². The van der Waals surface area contributed by atoms with E-state index in [-0.39, 0.29) is 55.9 Å². The van der Waals surface area contributed by atoms with E-state index in [0.717, 1.165) is 30.4 Å². The Morgan fingerprint density at radius 1 is 1.00 bits per heavy atom. The predicted octanol–water partition coefficient (Wildman–Crippen LogP) is 4.95. The van der Waals surface area contributed by atoms with Gasteiger partial charge in [0, 0.05) is 26.1 Å². The molecule has 0 spiro atoms. The quantitative estimate of drug-likeness (QED) is 0.219. The van der Waals surface area contributed by atoms with Crippen molar-refractivity contribution in [2.45, 2.75) is 57.5 Å². The molecule has 41 heavy (non-hydrogen) atoms. The van der Waals surface area contributed by atoms with Crippen molar-refractivity contribution in [1.29, 1.82) is 0 Å². The summed E-state index contributed by atoms with van der Waals surface area (Å²) in [6.45, 7) is 8.72. The molecule has 0 radical (unpaired) electrons. The first-order valence-corrected chi connectivity index (χ1v) is 14.6. The zero-order valence-corrected chi connectivity index (χ0v) is 24.0. The number of aliphatic hydroxyl groups excluding tert-OH is 1. The van der Waals surface area contributed by atoms with Crippen LogP contribution in [0, 0.1) is 11.8 Å². The van der Waals surface area contributed by atoms with E-state index in [2.05, 4.69) is 13.2 Å². The lowest BCUT2D eigenvalue weighted by molar-refractivity contribution is -0.153. The molecular weight excluding hydrogens is 516 g/mol. The number of rotatable bonds is 17. The van der Waals surface area contributed by atoms with Crippen LogP contribution in [0.5, 0.6) is 0 Å². The minimum atomic E-state index is -0.563. The summed E-state index contributed by atoms with van der Waals surface area (Å²) >= 11 is 0. The van der Waals surface area contributed by atoms with Gasteiger partial charge in [0.05, 0.1) is 24.5 Å². The summed E-state index contributed by atoms with van der Waals surface area (Å²) in [5, 5.41) is 9.56. The van der Waals surface area contributed by atoms with E-state index in [0.29, 0.717) is 32.4 Å². The number of allylic oxidation sites excluding steroid dienone is 2. The van der Waals surface area contributed by atoms with Crippen LogP contribution in [0.15, 0.2) is 86.0 Å². The average Bonchev–Trinajstić information content (AvgIpc) is 3.47. The Hall–Kier alpha value is -3.71. The Morgan fingerprint density at radius 3 is 2.32 bits per heavy atom. The third-order valence-corrected chi connectivity index (χ3v) is 7.62. The second kappa shape index (κ2) is 17.2. The fourth-order valence-corrected chi connectivity index (χ4v) is 5.38. The van der Waals surface area contributed by atoms with Crippen molar-refractivity contribution >= 4 is 17.8 Å². The second-order valence-electron chi connectivity index (χ2n) is 10.7. The molecule has 2 aromatic carbocycles. The van der Waals surface area contributed by atoms with Gasteiger partial charge in [0.2, 0.25) is 11.8 Å². The van der Waals surface area contributed by atoms with Gasteiger partial charge in [-0.3, -0.25) is 14.4 Å². The first kappa shape index (κ1) is 31.8. The van der Waals surface area contributed by atoms with Gasteiger partial charge in [-0.25, -0.2) is 0 Å². The Bertz CT molecular complexity index is 1120. The van der Waals surface area contributed by atoms with Crippen LogP contribution in [0.4, 0.5) is 0 Å². The molecule has 1 heterocycles. The van der Waals surface area contributed by atoms with Crippen LogP contribution in [0.2, 0.25) is 0 Å². The molecule has 0 unspecified atom stereocenters. The van der Waals surface area contributed by atoms with Gasteiger partial charge in [0.15, 0.2) is 0 Å². The van der Waals surface area contributed by atoms with Gasteiger partial charge < -0.3 is 19.6 Å². The highest BCUT2D eigenvalue weighted by Gasteiger charge is 2.35. The van der Waals surface area contributed by atoms with Gasteiger partial charge in [0.1, 0.15) is 6.61 Å². The summed E-state index contributed by atoms with van der Waals surface area (Å²) in [4.78, 5) is 43.5. The van der Waals surface area contributed by atoms with Crippen molar-refractivity contribution in [1.82, 2.24) is 9.80 Å². The molecule has 7 heteroatoms. The maximum absolute atomic E-state index is 13.7. The molecule has 0 bridgehead atoms. The molecule has 220 valence electrons. The Morgan fingerprint density at radius 2 is 1.68 bits per heavy atom. The number of nitrogens with zero attached hydrogens (tertiary/aromatic N) is 2. The van der Waals surface area contributed by atoms with E-state index in [1.807, 2.05) is 66.7 Å². The number of carbonyl (C=O) groups excluding carboxylic acids is 3. The van der Waals surface area contributed by atoms with Gasteiger partial charge in [-0.05, 0) is 49.7 Å². The average molecular weight is 561 g/mol. The smallest absolute Gasteiger partial charge is 0.309 e. The van der Waals surface area contributed by atoms with E-state index >= 15 is 0 Å². The van der Waals surface area contributed by atoms with Gasteiger partial charge >= 0.3 is 5.97 Å². The highest BCUT2D eigenvalue weighted by Crippen LogP contribution is 2.25. The lowest BCUT2D eigenvalue weighted by Gasteiger charge is -2.30. The number of hydrogen-bond donors (Lipinski definition) is 1. The Balaban J connectivity index is 1.62. The molecule has 1 N–H and O–H groups in total. The number of hydrogen-bond acceptors (Lipinski definition) is 5. The molecule has 1 aliphatic heterocycles. The maximum Gasteiger partial charge on any atom is 0.309 e. The summed E-state index contributed by atoms with van der Waals surface area (Å²) in [5.41, 5.74) is 2.04. The standard InChI is InChI=1S/C34H44N2O5/c1-3-5-18-30(23-27-14-8-6-9-15-27)34(40)41-26-31-19-12-20-36(31)33(39)29(13-4-2)24-32(38)35(21-22-37)25-28-16-10-7-11-17-28/h3-4,6-11,14-17,29-31,37H,1-2,5,12-13,18-26H2/t29-,30-,31+/m1/s1. The largest absolute Gasteiger partial charge is 0.463 e. The van der Waals surface area contributed by atoms with Crippen molar-refractivity contribution < 1.29 is 24.2 Å². The second-order valence-corrected chi connectivity index (χ2v) is 10.7. The number of benzene rings is 2. The molecule has 1 fully saturated rings. The van der Waals surface area contributed by atoms with Crippen molar-refractivity contribution in [2.75, 3.05) is 26.3 Å². The monoisotopic (exact) mass is 560 g/mol. The SMILES string of the molecule is C=CCC[C@H](Cc1ccccc1)C(=O)OC[C@@H]1CCCN1C(=O)[C@H](CC=C)CC(=O)N(CCO)Cc1ccccc1. The van der Waals surface area contributed by atoms with Gasteiger partial charge in [-0.1, -0.05) is 72.8 Å². The number of amides is 2. The van der Waals surface area contributed by atoms with Crippen LogP contribution < -0.4 is 0 Å². The highest BCUT2D eigenvalue weighted by atomic mass is 16.5. The van der Waals surface area contributed by atoms with Crippen LogP contribution in [0.25, 0.3) is 0 Å². The van der Waals surface area contributed by atoms with Crippen molar-refractivity contribution in [3.8, 4) is 0 Å². The zero-order chi connectivity index (χ0) is 29.5. The van der Waals surface area contributed by atoms with Gasteiger partial charge in [-0.2, -0.15) is 0 Å². The summed E-state index contributed by atoms with van der Waals surface area (Å²) in [6, 6.07) is 19.3. The van der Waals surface area contributed by atoms with Crippen LogP contribution in [-0.4, -0.2) is 65.0 Å². The van der Waals surface area contributed by atoms with Crippen molar-refractivity contribution in [3.63, 3.8) is 0 Å². The molecule has 1 aliphatic rings. The third-order valence-electron chi connectivity index (χ3n) is 7.62.